The number of allylic oxidation sites excluding steroid dienone is 3. The van der Waals surface area contributed by atoms with Gasteiger partial charge in [0.1, 0.15) is 10.3 Å². The number of aromatic nitrogens is 2. The fourth-order valence-corrected chi connectivity index (χ4v) is 4.59. The van der Waals surface area contributed by atoms with Crippen molar-refractivity contribution in [2.45, 2.75) is 30.6 Å². The number of hydrogen-bond acceptors (Lipinski definition) is 4. The highest BCUT2D eigenvalue weighted by Crippen LogP contribution is 2.34. The van der Waals surface area contributed by atoms with Crippen LogP contribution in [0.15, 0.2) is 67.0 Å². The minimum Gasteiger partial charge on any atom is -0.377 e. The van der Waals surface area contributed by atoms with E-state index in [2.05, 4.69) is 4.98 Å². The van der Waals surface area contributed by atoms with Crippen LogP contribution in [0.5, 0.6) is 0 Å². The molecule has 2 heterocycles. The monoisotopic (exact) mass is 344 g/mol. The predicted octanol–water partition coefficient (Wildman–Crippen LogP) is 2.59. The van der Waals surface area contributed by atoms with Gasteiger partial charge in [-0.2, -0.15) is 0 Å². The molecule has 5 nitrogen and oxygen atoms in total. The van der Waals surface area contributed by atoms with E-state index in [1.807, 2.05) is 12.2 Å². The van der Waals surface area contributed by atoms with Crippen molar-refractivity contribution in [1.29, 1.82) is 0 Å². The molecule has 2 unspecified atom stereocenters. The molecule has 0 saturated carbocycles. The molecular formula is C18H20N2O3S. The van der Waals surface area contributed by atoms with Crippen molar-refractivity contribution in [3.63, 3.8) is 0 Å². The Hall–Kier alpha value is -2.18. The molecule has 1 N–H and O–H groups in total. The maximum Gasteiger partial charge on any atom is 0.248 e. The zero-order valence-electron chi connectivity index (χ0n) is 13.6. The summed E-state index contributed by atoms with van der Waals surface area (Å²) in [5.74, 6) is 0. The molecule has 0 saturated heterocycles. The second-order valence-corrected chi connectivity index (χ2v) is 8.56. The van der Waals surface area contributed by atoms with Crippen molar-refractivity contribution in [3.8, 4) is 0 Å². The molecule has 0 spiro atoms. The lowest BCUT2D eigenvalue weighted by molar-refractivity contribution is 0.0917. The molecule has 24 heavy (non-hydrogen) atoms. The van der Waals surface area contributed by atoms with Crippen LogP contribution in [0.3, 0.4) is 0 Å². The summed E-state index contributed by atoms with van der Waals surface area (Å²) in [6.45, 7) is 3.23. The van der Waals surface area contributed by atoms with Gasteiger partial charge in [0.2, 0.25) is 10.0 Å². The summed E-state index contributed by atoms with van der Waals surface area (Å²) < 4.78 is 26.5. The smallest absolute Gasteiger partial charge is 0.248 e. The van der Waals surface area contributed by atoms with Crippen LogP contribution in [0.2, 0.25) is 0 Å². The van der Waals surface area contributed by atoms with Crippen LogP contribution in [0, 0.1) is 0 Å². The van der Waals surface area contributed by atoms with Gasteiger partial charge in [0.05, 0.1) is 11.4 Å². The molecule has 1 aliphatic carbocycles. The van der Waals surface area contributed by atoms with Gasteiger partial charge in [0.15, 0.2) is 0 Å². The Morgan fingerprint density at radius 2 is 2.04 bits per heavy atom. The van der Waals surface area contributed by atoms with Gasteiger partial charge in [-0.15, -0.1) is 0 Å². The lowest BCUT2D eigenvalue weighted by Gasteiger charge is -2.31. The van der Waals surface area contributed by atoms with E-state index in [-0.39, 0.29) is 5.69 Å². The van der Waals surface area contributed by atoms with E-state index in [4.69, 9.17) is 0 Å². The van der Waals surface area contributed by atoms with Gasteiger partial charge in [-0.25, -0.2) is 12.4 Å². The molecule has 2 atom stereocenters. The fourth-order valence-electron chi connectivity index (χ4n) is 2.86. The van der Waals surface area contributed by atoms with E-state index in [0.29, 0.717) is 12.1 Å². The maximum absolute atomic E-state index is 13.2. The van der Waals surface area contributed by atoms with Crippen LogP contribution in [0.25, 0.3) is 0 Å². The summed E-state index contributed by atoms with van der Waals surface area (Å²) in [6, 6.07) is 8.41. The molecule has 0 aromatic carbocycles. The first-order chi connectivity index (χ1) is 11.3. The van der Waals surface area contributed by atoms with Crippen molar-refractivity contribution in [3.05, 3.63) is 78.4 Å². The quantitative estimate of drug-likeness (QED) is 0.925. The zero-order chi connectivity index (χ0) is 17.4. The van der Waals surface area contributed by atoms with Crippen LogP contribution in [0.1, 0.15) is 31.7 Å². The lowest BCUT2D eigenvalue weighted by atomic mass is 9.98. The third-order valence-corrected chi connectivity index (χ3v) is 6.76. The second kappa shape index (κ2) is 5.72. The minimum atomic E-state index is -3.75. The molecule has 0 bridgehead atoms. The first kappa shape index (κ1) is 16.7. The lowest BCUT2D eigenvalue weighted by Crippen LogP contribution is -2.40. The second-order valence-electron chi connectivity index (χ2n) is 6.29. The highest BCUT2D eigenvalue weighted by Gasteiger charge is 2.41. The fraction of sp³-hybridized carbons (Fsp3) is 0.278. The Morgan fingerprint density at radius 1 is 1.25 bits per heavy atom. The van der Waals surface area contributed by atoms with E-state index >= 15 is 0 Å². The van der Waals surface area contributed by atoms with Gasteiger partial charge in [-0.05, 0) is 44.5 Å². The van der Waals surface area contributed by atoms with Crippen LogP contribution in [0.4, 0.5) is 0 Å². The minimum absolute atomic E-state index is 0.269. The maximum atomic E-state index is 13.2. The Kier molecular flexibility index (Phi) is 3.97. The largest absolute Gasteiger partial charge is 0.377 e. The molecule has 0 radical (unpaired) electrons. The average molecular weight is 344 g/mol. The van der Waals surface area contributed by atoms with Gasteiger partial charge < -0.3 is 5.11 Å². The highest BCUT2D eigenvalue weighted by molar-refractivity contribution is 7.91. The molecule has 3 rings (SSSR count). The normalized spacial score (nSPS) is 23.1. The van der Waals surface area contributed by atoms with Crippen LogP contribution >= 0.6 is 0 Å². The summed E-state index contributed by atoms with van der Waals surface area (Å²) in [6.07, 6.45) is 10.5. The Morgan fingerprint density at radius 3 is 2.67 bits per heavy atom. The standard InChI is InChI=1S/C18H20N2O3S/c1-17(11-5-3-6-12-17)24(22,23)20-14-8-10-16(20)18(2,21)15-9-4-7-13-19-15/h3-11,13-14,21H,12H2,1-2H3. The summed E-state index contributed by atoms with van der Waals surface area (Å²) in [4.78, 5) is 4.18. The van der Waals surface area contributed by atoms with Crippen molar-refractivity contribution in [2.24, 2.45) is 0 Å². The number of pyridine rings is 1. The Bertz CT molecular complexity index is 895. The summed E-state index contributed by atoms with van der Waals surface area (Å²) in [5.41, 5.74) is -0.864. The SMILES string of the molecule is CC(O)(c1ccccn1)c1cccn1S(=O)(=O)C1(C)C=CC=CC1. The first-order valence-electron chi connectivity index (χ1n) is 7.70. The number of rotatable bonds is 4. The van der Waals surface area contributed by atoms with Crippen molar-refractivity contribution in [2.75, 3.05) is 0 Å². The number of hydrogen-bond donors (Lipinski definition) is 1. The van der Waals surface area contributed by atoms with Crippen LogP contribution < -0.4 is 0 Å². The number of aliphatic hydroxyl groups is 1. The molecule has 0 fully saturated rings. The number of nitrogens with zero attached hydrogens (tertiary/aromatic N) is 2. The van der Waals surface area contributed by atoms with Gasteiger partial charge in [0.25, 0.3) is 0 Å². The van der Waals surface area contributed by atoms with E-state index in [1.165, 1.54) is 10.2 Å². The van der Waals surface area contributed by atoms with Crippen molar-refractivity contribution in [1.82, 2.24) is 8.96 Å². The van der Waals surface area contributed by atoms with Crippen LogP contribution in [-0.2, 0) is 15.6 Å². The first-order valence-corrected chi connectivity index (χ1v) is 9.14. The molecule has 2 aromatic rings. The molecular weight excluding hydrogens is 324 g/mol. The van der Waals surface area contributed by atoms with Gasteiger partial charge in [0, 0.05) is 12.4 Å². The zero-order valence-corrected chi connectivity index (χ0v) is 14.4. The molecule has 6 heteroatoms. The van der Waals surface area contributed by atoms with E-state index < -0.39 is 20.4 Å². The molecule has 0 aliphatic heterocycles. The van der Waals surface area contributed by atoms with E-state index in [9.17, 15) is 13.5 Å². The van der Waals surface area contributed by atoms with Crippen molar-refractivity contribution < 1.29 is 13.5 Å². The summed E-state index contributed by atoms with van der Waals surface area (Å²) >= 11 is 0. The van der Waals surface area contributed by atoms with Gasteiger partial charge >= 0.3 is 0 Å². The molecule has 1 aliphatic rings. The van der Waals surface area contributed by atoms with E-state index in [1.54, 1.807) is 62.5 Å². The topological polar surface area (TPSA) is 72.2 Å². The Labute approximate surface area is 142 Å². The molecule has 2 aromatic heterocycles. The van der Waals surface area contributed by atoms with Gasteiger partial charge in [-0.3, -0.25) is 4.98 Å². The highest BCUT2D eigenvalue weighted by atomic mass is 32.2. The average Bonchev–Trinajstić information content (AvgIpc) is 3.07. The summed E-state index contributed by atoms with van der Waals surface area (Å²) in [7, 11) is -3.75. The van der Waals surface area contributed by atoms with Crippen molar-refractivity contribution >= 4 is 10.0 Å². The molecule has 0 amide bonds. The third-order valence-electron chi connectivity index (χ3n) is 4.44. The molecule has 126 valence electrons. The predicted molar refractivity (Wildman–Crippen MR) is 93.0 cm³/mol. The van der Waals surface area contributed by atoms with Crippen LogP contribution in [-0.4, -0.2) is 27.2 Å². The third kappa shape index (κ3) is 2.52. The van der Waals surface area contributed by atoms with Gasteiger partial charge in [-0.1, -0.05) is 30.4 Å². The summed E-state index contributed by atoms with van der Waals surface area (Å²) in [5, 5.41) is 11.0. The Balaban J connectivity index is 2.12. The van der Waals surface area contributed by atoms with E-state index in [0.717, 1.165) is 0 Å².